The zero-order chi connectivity index (χ0) is 11.5. The third-order valence-electron chi connectivity index (χ3n) is 2.35. The van der Waals surface area contributed by atoms with Gasteiger partial charge in [-0.25, -0.2) is 0 Å². The summed E-state index contributed by atoms with van der Waals surface area (Å²) in [7, 11) is 0. The van der Waals surface area contributed by atoms with Crippen LogP contribution in [0.1, 0.15) is 6.92 Å². The minimum atomic E-state index is -0.205. The smallest absolute Gasteiger partial charge is 0.239 e. The fraction of sp³-hybridized carbons (Fsp3) is 0.273. The van der Waals surface area contributed by atoms with E-state index in [-0.39, 0.29) is 11.8 Å². The summed E-state index contributed by atoms with van der Waals surface area (Å²) in [5.74, 6) is -0.242. The summed E-state index contributed by atoms with van der Waals surface area (Å²) >= 11 is 5.43. The molecule has 1 aromatic heterocycles. The zero-order valence-electron chi connectivity index (χ0n) is 8.90. The van der Waals surface area contributed by atoms with Crippen molar-refractivity contribution in [3.63, 3.8) is 0 Å². The molecule has 0 atom stereocenters. The first-order valence-electron chi connectivity index (χ1n) is 5.06. The van der Waals surface area contributed by atoms with Crippen LogP contribution in [-0.4, -0.2) is 21.6 Å². The average Bonchev–Trinajstić information content (AvgIpc) is 2.71. The lowest BCUT2D eigenvalue weighted by Gasteiger charge is -2.04. The summed E-state index contributed by atoms with van der Waals surface area (Å²) in [5.41, 5.74) is 1.75. The van der Waals surface area contributed by atoms with Crippen LogP contribution in [-0.2, 0) is 11.3 Å². The molecule has 0 saturated heterocycles. The molecule has 0 saturated carbocycles. The lowest BCUT2D eigenvalue weighted by atomic mass is 10.2. The van der Waals surface area contributed by atoms with Crippen molar-refractivity contribution in [1.29, 1.82) is 0 Å². The second kappa shape index (κ2) is 4.53. The van der Waals surface area contributed by atoms with E-state index >= 15 is 0 Å². The monoisotopic (exact) mass is 237 g/mol. The molecule has 2 rings (SSSR count). The molecule has 4 nitrogen and oxygen atoms in total. The fourth-order valence-corrected chi connectivity index (χ4v) is 1.66. The van der Waals surface area contributed by atoms with Gasteiger partial charge in [0.05, 0.1) is 11.7 Å². The molecule has 0 aliphatic heterocycles. The zero-order valence-corrected chi connectivity index (χ0v) is 9.66. The maximum Gasteiger partial charge on any atom is 0.239 e. The number of alkyl halides is 1. The molecule has 0 radical (unpaired) electrons. The van der Waals surface area contributed by atoms with E-state index in [4.69, 9.17) is 11.6 Å². The van der Waals surface area contributed by atoms with Crippen molar-refractivity contribution in [2.24, 2.45) is 0 Å². The minimum Gasteiger partial charge on any atom is -0.325 e. The van der Waals surface area contributed by atoms with Gasteiger partial charge in [0, 0.05) is 17.6 Å². The van der Waals surface area contributed by atoms with Crippen molar-refractivity contribution in [3.8, 4) is 0 Å². The highest BCUT2D eigenvalue weighted by Gasteiger charge is 2.04. The molecule has 0 aliphatic rings. The van der Waals surface area contributed by atoms with Gasteiger partial charge in [0.15, 0.2) is 0 Å². The van der Waals surface area contributed by atoms with Gasteiger partial charge in [0.2, 0.25) is 5.91 Å². The molecule has 0 spiro atoms. The molecule has 1 heterocycles. The van der Waals surface area contributed by atoms with E-state index in [2.05, 4.69) is 10.4 Å². The maximum atomic E-state index is 11.1. The van der Waals surface area contributed by atoms with Crippen LogP contribution in [0, 0.1) is 0 Å². The predicted octanol–water partition coefficient (Wildman–Crippen LogP) is 2.23. The Balaban J connectivity index is 2.37. The normalized spacial score (nSPS) is 10.6. The van der Waals surface area contributed by atoms with Crippen molar-refractivity contribution in [2.45, 2.75) is 13.5 Å². The highest BCUT2D eigenvalue weighted by molar-refractivity contribution is 6.29. The van der Waals surface area contributed by atoms with Gasteiger partial charge < -0.3 is 5.32 Å². The van der Waals surface area contributed by atoms with Crippen LogP contribution in [0.5, 0.6) is 0 Å². The Morgan fingerprint density at radius 2 is 2.38 bits per heavy atom. The van der Waals surface area contributed by atoms with Crippen molar-refractivity contribution in [1.82, 2.24) is 9.78 Å². The third kappa shape index (κ3) is 2.02. The molecule has 1 aromatic carbocycles. The summed E-state index contributed by atoms with van der Waals surface area (Å²) < 4.78 is 1.88. The number of benzene rings is 1. The maximum absolute atomic E-state index is 11.1. The first-order valence-corrected chi connectivity index (χ1v) is 5.59. The number of hydrogen-bond donors (Lipinski definition) is 1. The van der Waals surface area contributed by atoms with Crippen LogP contribution in [0.25, 0.3) is 10.9 Å². The number of aryl methyl sites for hydroxylation is 1. The number of anilines is 1. The molecule has 84 valence electrons. The van der Waals surface area contributed by atoms with Crippen LogP contribution in [0.2, 0.25) is 0 Å². The van der Waals surface area contributed by atoms with Crippen LogP contribution in [0.4, 0.5) is 5.69 Å². The molecular formula is C11H12ClN3O. The Hall–Kier alpha value is -1.55. The Kier molecular flexibility index (Phi) is 3.10. The number of aromatic nitrogens is 2. The largest absolute Gasteiger partial charge is 0.325 e. The van der Waals surface area contributed by atoms with Gasteiger partial charge in [-0.1, -0.05) is 0 Å². The second-order valence-electron chi connectivity index (χ2n) is 3.42. The number of hydrogen-bond acceptors (Lipinski definition) is 2. The van der Waals surface area contributed by atoms with Crippen molar-refractivity contribution in [3.05, 3.63) is 24.4 Å². The molecule has 0 unspecified atom stereocenters. The highest BCUT2D eigenvalue weighted by Crippen LogP contribution is 2.18. The predicted molar refractivity (Wildman–Crippen MR) is 64.8 cm³/mol. The average molecular weight is 238 g/mol. The van der Waals surface area contributed by atoms with E-state index < -0.39 is 0 Å². The van der Waals surface area contributed by atoms with Gasteiger partial charge in [-0.2, -0.15) is 5.10 Å². The van der Waals surface area contributed by atoms with Gasteiger partial charge in [-0.05, 0) is 25.1 Å². The molecular weight excluding hydrogens is 226 g/mol. The fourth-order valence-electron chi connectivity index (χ4n) is 1.59. The topological polar surface area (TPSA) is 46.9 Å². The molecule has 1 N–H and O–H groups in total. The first-order chi connectivity index (χ1) is 7.74. The first kappa shape index (κ1) is 11.0. The van der Waals surface area contributed by atoms with Crippen LogP contribution >= 0.6 is 11.6 Å². The van der Waals surface area contributed by atoms with Gasteiger partial charge in [0.1, 0.15) is 5.88 Å². The van der Waals surface area contributed by atoms with E-state index in [1.54, 1.807) is 0 Å². The quantitative estimate of drug-likeness (QED) is 0.833. The summed E-state index contributed by atoms with van der Waals surface area (Å²) in [6, 6.07) is 5.67. The lowest BCUT2D eigenvalue weighted by molar-refractivity contribution is -0.113. The Morgan fingerprint density at radius 3 is 3.06 bits per heavy atom. The van der Waals surface area contributed by atoms with E-state index in [9.17, 15) is 4.79 Å². The standard InChI is InChI=1S/C11H12ClN3O/c1-2-15-10-5-9(14-11(16)6-12)4-3-8(10)7-13-15/h3-5,7H,2,6H2,1H3,(H,14,16). The number of halogens is 1. The second-order valence-corrected chi connectivity index (χ2v) is 3.68. The molecule has 16 heavy (non-hydrogen) atoms. The summed E-state index contributed by atoms with van der Waals surface area (Å²) in [6.07, 6.45) is 1.81. The van der Waals surface area contributed by atoms with Gasteiger partial charge in [-0.3, -0.25) is 9.48 Å². The van der Waals surface area contributed by atoms with E-state index in [1.165, 1.54) is 0 Å². The van der Waals surface area contributed by atoms with Crippen LogP contribution in [0.3, 0.4) is 0 Å². The third-order valence-corrected chi connectivity index (χ3v) is 2.59. The van der Waals surface area contributed by atoms with Gasteiger partial charge in [-0.15, -0.1) is 11.6 Å². The van der Waals surface area contributed by atoms with E-state index in [1.807, 2.05) is 36.0 Å². The summed E-state index contributed by atoms with van der Waals surface area (Å²) in [5, 5.41) is 8.01. The SMILES string of the molecule is CCn1ncc2ccc(NC(=O)CCl)cc21. The van der Waals surface area contributed by atoms with Crippen molar-refractivity contribution in [2.75, 3.05) is 11.2 Å². The number of nitrogens with zero attached hydrogens (tertiary/aromatic N) is 2. The van der Waals surface area contributed by atoms with Gasteiger partial charge in [0.25, 0.3) is 0 Å². The van der Waals surface area contributed by atoms with Crippen molar-refractivity contribution < 1.29 is 4.79 Å². The Morgan fingerprint density at radius 1 is 1.56 bits per heavy atom. The Labute approximate surface area is 98.2 Å². The van der Waals surface area contributed by atoms with Crippen LogP contribution in [0.15, 0.2) is 24.4 Å². The lowest BCUT2D eigenvalue weighted by Crippen LogP contribution is -2.12. The van der Waals surface area contributed by atoms with Gasteiger partial charge >= 0.3 is 0 Å². The molecule has 0 aliphatic carbocycles. The molecule has 1 amide bonds. The molecule has 5 heteroatoms. The number of rotatable bonds is 3. The summed E-state index contributed by atoms with van der Waals surface area (Å²) in [4.78, 5) is 11.1. The van der Waals surface area contributed by atoms with E-state index in [0.29, 0.717) is 0 Å². The molecule has 2 aromatic rings. The molecule has 0 fully saturated rings. The van der Waals surface area contributed by atoms with Crippen molar-refractivity contribution >= 4 is 34.1 Å². The Bertz CT molecular complexity index is 521. The minimum absolute atomic E-state index is 0.0366. The highest BCUT2D eigenvalue weighted by atomic mass is 35.5. The number of carbonyl (C=O) groups excluding carboxylic acids is 1. The number of amides is 1. The number of carbonyl (C=O) groups is 1. The number of nitrogens with one attached hydrogen (secondary N) is 1. The number of fused-ring (bicyclic) bond motifs is 1. The summed E-state index contributed by atoms with van der Waals surface area (Å²) in [6.45, 7) is 2.83. The van der Waals surface area contributed by atoms with Crippen LogP contribution < -0.4 is 5.32 Å². The van der Waals surface area contributed by atoms with E-state index in [0.717, 1.165) is 23.1 Å². The molecule has 0 bridgehead atoms.